The SMILES string of the molecule is COc1ccc(C2=CCN3C(=O)c4cc(OC)c(OCc5cccc(COc6cc7c(cc6OC)C(=O)N6CC=C(c8ccc(OC)cc8)C[C@H]6C=N7)c5)cc4N=CC3C2)cc1.[HH]. The van der Waals surface area contributed by atoms with Crippen molar-refractivity contribution < 1.29 is 39.4 Å². The van der Waals surface area contributed by atoms with E-state index < -0.39 is 0 Å². The number of hydrogen-bond donors (Lipinski definition) is 0. The van der Waals surface area contributed by atoms with Crippen LogP contribution >= 0.6 is 0 Å². The van der Waals surface area contributed by atoms with Gasteiger partial charge in [0.25, 0.3) is 11.8 Å². The third kappa shape index (κ3) is 7.99. The molecule has 2 amide bonds. The van der Waals surface area contributed by atoms with Crippen LogP contribution in [0.4, 0.5) is 11.4 Å². The number of fused-ring (bicyclic) bond motifs is 4. The van der Waals surface area contributed by atoms with Gasteiger partial charge in [0.15, 0.2) is 23.0 Å². The molecule has 2 atom stereocenters. The first-order valence-electron chi connectivity index (χ1n) is 20.5. The first-order valence-corrected chi connectivity index (χ1v) is 20.5. The molecule has 12 heteroatoms. The second-order valence-electron chi connectivity index (χ2n) is 15.4. The minimum atomic E-state index is -0.196. The van der Waals surface area contributed by atoms with Gasteiger partial charge in [-0.3, -0.25) is 19.6 Å². The van der Waals surface area contributed by atoms with Crippen LogP contribution < -0.4 is 28.4 Å². The van der Waals surface area contributed by atoms with Gasteiger partial charge in [0, 0.05) is 39.1 Å². The summed E-state index contributed by atoms with van der Waals surface area (Å²) < 4.78 is 34.7. The highest BCUT2D eigenvalue weighted by atomic mass is 16.5. The fraction of sp³-hybridized carbons (Fsp3) is 0.240. The lowest BCUT2D eigenvalue weighted by Gasteiger charge is -2.32. The van der Waals surface area contributed by atoms with Crippen LogP contribution in [0.2, 0.25) is 0 Å². The number of nitrogens with zero attached hydrogens (tertiary/aromatic N) is 4. The number of amides is 2. The Kier molecular flexibility index (Phi) is 11.2. The lowest BCUT2D eigenvalue weighted by Crippen LogP contribution is -2.43. The number of benzene rings is 5. The van der Waals surface area contributed by atoms with E-state index in [1.807, 2.05) is 95.0 Å². The van der Waals surface area contributed by atoms with Gasteiger partial charge >= 0.3 is 0 Å². The predicted octanol–water partition coefficient (Wildman–Crippen LogP) is 9.15. The van der Waals surface area contributed by atoms with E-state index in [1.54, 1.807) is 52.7 Å². The molecular formula is C50H48N4O8. The number of aliphatic imine (C=N–C) groups is 2. The molecule has 0 saturated carbocycles. The minimum Gasteiger partial charge on any atom is -0.497 e. The van der Waals surface area contributed by atoms with Gasteiger partial charge in [-0.2, -0.15) is 0 Å². The Labute approximate surface area is 361 Å². The second-order valence-corrected chi connectivity index (χ2v) is 15.4. The smallest absolute Gasteiger partial charge is 0.257 e. The number of hydrogen-bond acceptors (Lipinski definition) is 10. The van der Waals surface area contributed by atoms with Gasteiger partial charge in [-0.05, 0) is 88.7 Å². The van der Waals surface area contributed by atoms with E-state index >= 15 is 0 Å². The quantitative estimate of drug-likeness (QED) is 0.122. The molecule has 0 fully saturated rings. The lowest BCUT2D eigenvalue weighted by atomic mass is 9.94. The summed E-state index contributed by atoms with van der Waals surface area (Å²) in [7, 11) is 6.42. The van der Waals surface area contributed by atoms with Gasteiger partial charge in [0.05, 0.1) is 63.0 Å². The molecule has 4 aliphatic rings. The van der Waals surface area contributed by atoms with E-state index in [2.05, 4.69) is 12.2 Å². The summed E-state index contributed by atoms with van der Waals surface area (Å²) in [6, 6.07) is 30.4. The van der Waals surface area contributed by atoms with Gasteiger partial charge in [-0.1, -0.05) is 54.6 Å². The van der Waals surface area contributed by atoms with Crippen molar-refractivity contribution in [2.45, 2.75) is 38.1 Å². The van der Waals surface area contributed by atoms with Crippen molar-refractivity contribution in [3.05, 3.63) is 143 Å². The van der Waals surface area contributed by atoms with Crippen LogP contribution in [0.5, 0.6) is 34.5 Å². The van der Waals surface area contributed by atoms with E-state index in [1.165, 1.54) is 0 Å². The standard InChI is InChI=1S/C50H46N4O8.H2/c1-57-39-12-8-33(9-13-39)35-16-18-53-37(21-35)27-51-43-25-47(45(59-3)23-41(43)49(53)55)61-29-31-6-5-7-32(20-31)30-62-48-26-44-42(24-46(48)60-4)50(56)54-19-17-36(22-38(54)28-52-44)34-10-14-40(58-2)15-11-34;/h5-17,20,23-28,37-38H,18-19,21-22,29-30H2,1-4H3;1H/t37-,38?;/m0./s1. The molecule has 5 aromatic carbocycles. The Bertz CT molecular complexity index is 2480. The molecule has 0 bridgehead atoms. The molecule has 0 saturated heterocycles. The molecule has 9 rings (SSSR count). The normalized spacial score (nSPS) is 17.6. The number of carbonyl (C=O) groups excluding carboxylic acids is 2. The summed E-state index contributed by atoms with van der Waals surface area (Å²) >= 11 is 0. The maximum absolute atomic E-state index is 13.9. The maximum Gasteiger partial charge on any atom is 0.257 e. The molecule has 0 radical (unpaired) electrons. The van der Waals surface area contributed by atoms with Crippen LogP contribution in [-0.4, -0.2) is 87.7 Å². The fourth-order valence-electron chi connectivity index (χ4n) is 8.31. The molecule has 62 heavy (non-hydrogen) atoms. The van der Waals surface area contributed by atoms with Crippen LogP contribution in [0, 0.1) is 0 Å². The van der Waals surface area contributed by atoms with Gasteiger partial charge < -0.3 is 38.2 Å². The molecule has 0 aromatic heterocycles. The maximum atomic E-state index is 13.9. The molecule has 0 N–H and O–H groups in total. The van der Waals surface area contributed by atoms with E-state index in [9.17, 15) is 9.59 Å². The second kappa shape index (κ2) is 17.3. The molecule has 12 nitrogen and oxygen atoms in total. The van der Waals surface area contributed by atoms with Crippen molar-refractivity contribution in [1.82, 2.24) is 9.80 Å². The van der Waals surface area contributed by atoms with Crippen LogP contribution in [-0.2, 0) is 13.2 Å². The first-order chi connectivity index (χ1) is 30.3. The zero-order chi connectivity index (χ0) is 42.7. The molecule has 4 heterocycles. The zero-order valence-corrected chi connectivity index (χ0v) is 35.0. The Hall–Kier alpha value is -7.34. The van der Waals surface area contributed by atoms with Crippen molar-refractivity contribution in [2.24, 2.45) is 9.98 Å². The van der Waals surface area contributed by atoms with Crippen LogP contribution in [0.25, 0.3) is 11.1 Å². The summed E-state index contributed by atoms with van der Waals surface area (Å²) in [5.41, 5.74) is 8.29. The average molecular weight is 833 g/mol. The average Bonchev–Trinajstić information content (AvgIpc) is 3.55. The molecule has 0 aliphatic carbocycles. The lowest BCUT2D eigenvalue weighted by molar-refractivity contribution is 0.0740. The monoisotopic (exact) mass is 832 g/mol. The van der Waals surface area contributed by atoms with Crippen molar-refractivity contribution in [3.8, 4) is 34.5 Å². The minimum absolute atomic E-state index is 0. The van der Waals surface area contributed by atoms with Crippen molar-refractivity contribution in [3.63, 3.8) is 0 Å². The van der Waals surface area contributed by atoms with Gasteiger partial charge in [0.1, 0.15) is 24.7 Å². The summed E-state index contributed by atoms with van der Waals surface area (Å²) in [5.74, 6) is 3.21. The highest BCUT2D eigenvalue weighted by Crippen LogP contribution is 2.41. The van der Waals surface area contributed by atoms with E-state index in [0.29, 0.717) is 71.4 Å². The first kappa shape index (κ1) is 40.1. The van der Waals surface area contributed by atoms with Crippen LogP contribution in [0.3, 0.4) is 0 Å². The summed E-state index contributed by atoms with van der Waals surface area (Å²) in [5, 5.41) is 0. The highest BCUT2D eigenvalue weighted by Gasteiger charge is 2.34. The summed E-state index contributed by atoms with van der Waals surface area (Å²) in [6.45, 7) is 1.40. The molecule has 1 unspecified atom stereocenters. The van der Waals surface area contributed by atoms with Gasteiger partial charge in [-0.25, -0.2) is 0 Å². The Balaban J connectivity index is 0.00000544. The Morgan fingerprint density at radius 2 is 0.984 bits per heavy atom. The topological polar surface area (TPSA) is 121 Å². The molecule has 4 aliphatic heterocycles. The van der Waals surface area contributed by atoms with Gasteiger partial charge in [0.2, 0.25) is 0 Å². The van der Waals surface area contributed by atoms with E-state index in [-0.39, 0.29) is 38.5 Å². The Morgan fingerprint density at radius 3 is 1.39 bits per heavy atom. The number of ether oxygens (including phenoxy) is 6. The fourth-order valence-corrected chi connectivity index (χ4v) is 8.31. The van der Waals surface area contributed by atoms with E-state index in [0.717, 1.165) is 44.9 Å². The van der Waals surface area contributed by atoms with Gasteiger partial charge in [-0.15, -0.1) is 0 Å². The van der Waals surface area contributed by atoms with Crippen LogP contribution in [0.1, 0.15) is 57.2 Å². The van der Waals surface area contributed by atoms with E-state index in [4.69, 9.17) is 38.4 Å². The van der Waals surface area contributed by atoms with Crippen LogP contribution in [0.15, 0.2) is 119 Å². The molecule has 5 aromatic rings. The number of methoxy groups -OCH3 is 4. The molecular weight excluding hydrogens is 785 g/mol. The number of rotatable bonds is 12. The zero-order valence-electron chi connectivity index (χ0n) is 35.0. The predicted molar refractivity (Wildman–Crippen MR) is 240 cm³/mol. The van der Waals surface area contributed by atoms with Crippen molar-refractivity contribution in [2.75, 3.05) is 41.5 Å². The molecule has 316 valence electrons. The summed E-state index contributed by atoms with van der Waals surface area (Å²) in [6.07, 6.45) is 9.20. The largest absolute Gasteiger partial charge is 0.497 e. The summed E-state index contributed by atoms with van der Waals surface area (Å²) in [4.78, 5) is 41.0. The van der Waals surface area contributed by atoms with Crippen molar-refractivity contribution >= 4 is 46.8 Å². The number of carbonyl (C=O) groups is 2. The third-order valence-corrected chi connectivity index (χ3v) is 11.7. The highest BCUT2D eigenvalue weighted by molar-refractivity contribution is 6.05. The van der Waals surface area contributed by atoms with Crippen molar-refractivity contribution in [1.29, 1.82) is 0 Å². The third-order valence-electron chi connectivity index (χ3n) is 11.7. The Morgan fingerprint density at radius 1 is 0.548 bits per heavy atom. The molecule has 0 spiro atoms.